The molecule has 160 valence electrons. The van der Waals surface area contributed by atoms with Crippen LogP contribution in [0.25, 0.3) is 0 Å². The van der Waals surface area contributed by atoms with Crippen molar-refractivity contribution in [3.05, 3.63) is 54.6 Å². The lowest BCUT2D eigenvalue weighted by Gasteiger charge is -2.27. The van der Waals surface area contributed by atoms with Gasteiger partial charge in [-0.05, 0) is 50.6 Å². The number of carbonyl (C=O) groups excluding carboxylic acids is 1. The highest BCUT2D eigenvalue weighted by Gasteiger charge is 2.37. The first-order valence-corrected chi connectivity index (χ1v) is 10.9. The van der Waals surface area contributed by atoms with Crippen molar-refractivity contribution in [2.24, 2.45) is 5.41 Å². The topological polar surface area (TPSA) is 84.9 Å². The molecule has 1 aliphatic rings. The number of benzene rings is 2. The van der Waals surface area contributed by atoms with Crippen LogP contribution >= 0.6 is 0 Å². The van der Waals surface area contributed by atoms with Crippen molar-refractivity contribution in [3.63, 3.8) is 0 Å². The molecule has 30 heavy (non-hydrogen) atoms. The molecule has 2 aromatic carbocycles. The van der Waals surface area contributed by atoms with E-state index in [0.717, 1.165) is 5.56 Å². The number of hydrogen-bond acceptors (Lipinski definition) is 5. The van der Waals surface area contributed by atoms with Crippen molar-refractivity contribution in [1.82, 2.24) is 0 Å². The normalized spacial score (nSPS) is 15.6. The van der Waals surface area contributed by atoms with Crippen LogP contribution in [0.3, 0.4) is 0 Å². The van der Waals surface area contributed by atoms with Gasteiger partial charge >= 0.3 is 0 Å². The van der Waals surface area contributed by atoms with E-state index in [-0.39, 0.29) is 23.2 Å². The number of fused-ring (bicyclic) bond motifs is 1. The van der Waals surface area contributed by atoms with Crippen LogP contribution in [0.4, 0.5) is 11.4 Å². The molecule has 0 fully saturated rings. The van der Waals surface area contributed by atoms with Crippen LogP contribution in [0.1, 0.15) is 19.4 Å². The summed E-state index contributed by atoms with van der Waals surface area (Å²) in [5.41, 5.74) is 0.961. The van der Waals surface area contributed by atoms with E-state index in [1.807, 2.05) is 20.8 Å². The number of ether oxygens (including phenoxy) is 2. The average Bonchev–Trinajstić information content (AvgIpc) is 2.78. The fourth-order valence-electron chi connectivity index (χ4n) is 3.23. The number of nitrogens with zero attached hydrogens (tertiary/aromatic N) is 1. The van der Waals surface area contributed by atoms with Gasteiger partial charge in [-0.15, -0.1) is 6.58 Å². The fourth-order valence-corrected chi connectivity index (χ4v) is 4.53. The highest BCUT2D eigenvalue weighted by atomic mass is 32.2. The van der Waals surface area contributed by atoms with Crippen molar-refractivity contribution >= 4 is 27.3 Å². The zero-order valence-electron chi connectivity index (χ0n) is 17.6. The second-order valence-electron chi connectivity index (χ2n) is 7.82. The van der Waals surface area contributed by atoms with Crippen LogP contribution in [-0.2, 0) is 14.8 Å². The largest absolute Gasteiger partial charge is 0.495 e. The maximum Gasteiger partial charge on any atom is 0.265 e. The second-order valence-corrected chi connectivity index (χ2v) is 9.47. The van der Waals surface area contributed by atoms with E-state index in [0.29, 0.717) is 23.7 Å². The Morgan fingerprint density at radius 3 is 2.67 bits per heavy atom. The van der Waals surface area contributed by atoms with Crippen molar-refractivity contribution in [1.29, 1.82) is 0 Å². The smallest absolute Gasteiger partial charge is 0.265 e. The number of sulfonamides is 1. The third-order valence-corrected chi connectivity index (χ3v) is 6.24. The zero-order valence-corrected chi connectivity index (χ0v) is 18.4. The molecular weight excluding hydrogens is 404 g/mol. The molecule has 1 heterocycles. The molecule has 7 nitrogen and oxygen atoms in total. The Kier molecular flexibility index (Phi) is 5.81. The molecule has 1 amide bonds. The molecule has 8 heteroatoms. The number of aryl methyl sites for hydroxylation is 1. The molecule has 0 aromatic heterocycles. The lowest BCUT2D eigenvalue weighted by Crippen LogP contribution is -2.42. The van der Waals surface area contributed by atoms with Crippen molar-refractivity contribution < 1.29 is 22.7 Å². The van der Waals surface area contributed by atoms with E-state index in [2.05, 4.69) is 11.3 Å². The third-order valence-electron chi connectivity index (χ3n) is 4.84. The first-order valence-electron chi connectivity index (χ1n) is 9.46. The number of rotatable bonds is 6. The first-order chi connectivity index (χ1) is 14.1. The molecule has 0 saturated heterocycles. The van der Waals surface area contributed by atoms with Crippen LogP contribution in [0.2, 0.25) is 0 Å². The average molecular weight is 431 g/mol. The van der Waals surface area contributed by atoms with E-state index in [4.69, 9.17) is 9.47 Å². The Bertz CT molecular complexity index is 1090. The standard InChI is InChI=1S/C22H26N2O5S/c1-6-11-24-17-9-8-16(13-19(17)29-14-22(3,4)21(24)25)23-30(26,27)20-12-15(2)7-10-18(20)28-5/h6-10,12-13,23H,1,11,14H2,2-5H3. The Hall–Kier alpha value is -3.00. The van der Waals surface area contributed by atoms with Gasteiger partial charge in [0.15, 0.2) is 0 Å². The van der Waals surface area contributed by atoms with Crippen LogP contribution in [0, 0.1) is 12.3 Å². The van der Waals surface area contributed by atoms with Gasteiger partial charge in [0.25, 0.3) is 10.0 Å². The predicted molar refractivity (Wildman–Crippen MR) is 117 cm³/mol. The van der Waals surface area contributed by atoms with E-state index < -0.39 is 15.4 Å². The molecule has 0 spiro atoms. The van der Waals surface area contributed by atoms with Gasteiger partial charge in [-0.3, -0.25) is 9.52 Å². The summed E-state index contributed by atoms with van der Waals surface area (Å²) in [5, 5.41) is 0. The molecule has 3 rings (SSSR count). The minimum atomic E-state index is -3.90. The van der Waals surface area contributed by atoms with Crippen LogP contribution in [0.5, 0.6) is 11.5 Å². The van der Waals surface area contributed by atoms with Crippen molar-refractivity contribution in [2.45, 2.75) is 25.7 Å². The zero-order chi connectivity index (χ0) is 22.1. The number of nitrogens with one attached hydrogen (secondary N) is 1. The molecule has 0 bridgehead atoms. The van der Waals surface area contributed by atoms with Gasteiger partial charge in [-0.25, -0.2) is 8.42 Å². The Balaban J connectivity index is 1.99. The quantitative estimate of drug-likeness (QED) is 0.706. The van der Waals surface area contributed by atoms with Crippen LogP contribution in [-0.4, -0.2) is 34.6 Å². The molecule has 1 aliphatic heterocycles. The monoisotopic (exact) mass is 430 g/mol. The number of carbonyl (C=O) groups is 1. The van der Waals surface area contributed by atoms with Crippen molar-refractivity contribution in [2.75, 3.05) is 29.9 Å². The summed E-state index contributed by atoms with van der Waals surface area (Å²) in [6.07, 6.45) is 1.64. The number of amides is 1. The van der Waals surface area contributed by atoms with Crippen LogP contribution < -0.4 is 19.1 Å². The second kappa shape index (κ2) is 8.02. The Morgan fingerprint density at radius 1 is 1.27 bits per heavy atom. The maximum absolute atomic E-state index is 13.0. The van der Waals surface area contributed by atoms with Gasteiger partial charge in [0, 0.05) is 12.6 Å². The summed E-state index contributed by atoms with van der Waals surface area (Å²) in [7, 11) is -2.48. The Labute approximate surface area is 177 Å². The van der Waals surface area contributed by atoms with E-state index in [1.54, 1.807) is 47.4 Å². The molecule has 2 aromatic rings. The highest BCUT2D eigenvalue weighted by Crippen LogP contribution is 2.38. The van der Waals surface area contributed by atoms with Gasteiger partial charge in [0.05, 0.1) is 23.9 Å². The summed E-state index contributed by atoms with van der Waals surface area (Å²) < 4.78 is 39.6. The lowest BCUT2D eigenvalue weighted by molar-refractivity contribution is -0.127. The minimum Gasteiger partial charge on any atom is -0.495 e. The van der Waals surface area contributed by atoms with Crippen molar-refractivity contribution in [3.8, 4) is 11.5 Å². The molecular formula is C22H26N2O5S. The van der Waals surface area contributed by atoms with Gasteiger partial charge in [0.2, 0.25) is 5.91 Å². The molecule has 0 aliphatic carbocycles. The van der Waals surface area contributed by atoms with Gasteiger partial charge in [0.1, 0.15) is 23.0 Å². The minimum absolute atomic E-state index is 0.0467. The summed E-state index contributed by atoms with van der Waals surface area (Å²) in [6.45, 7) is 9.65. The van der Waals surface area contributed by atoms with Gasteiger partial charge in [-0.2, -0.15) is 0 Å². The highest BCUT2D eigenvalue weighted by molar-refractivity contribution is 7.92. The summed E-state index contributed by atoms with van der Waals surface area (Å²) in [4.78, 5) is 14.5. The molecule has 0 unspecified atom stereocenters. The summed E-state index contributed by atoms with van der Waals surface area (Å²) in [5.74, 6) is 0.592. The number of hydrogen-bond donors (Lipinski definition) is 1. The summed E-state index contributed by atoms with van der Waals surface area (Å²) in [6, 6.07) is 9.80. The molecule has 0 saturated carbocycles. The summed E-state index contributed by atoms with van der Waals surface area (Å²) >= 11 is 0. The van der Waals surface area contributed by atoms with Gasteiger partial charge < -0.3 is 14.4 Å². The lowest BCUT2D eigenvalue weighted by atomic mass is 9.93. The SMILES string of the molecule is C=CCN1C(=O)C(C)(C)COc2cc(NS(=O)(=O)c3cc(C)ccc3OC)ccc21. The fraction of sp³-hybridized carbons (Fsp3) is 0.318. The maximum atomic E-state index is 13.0. The number of anilines is 2. The third kappa shape index (κ3) is 4.14. The molecule has 1 N–H and O–H groups in total. The Morgan fingerprint density at radius 2 is 2.00 bits per heavy atom. The molecule has 0 atom stereocenters. The van der Waals surface area contributed by atoms with E-state index >= 15 is 0 Å². The van der Waals surface area contributed by atoms with E-state index in [1.165, 1.54) is 7.11 Å². The predicted octanol–water partition coefficient (Wildman–Crippen LogP) is 3.74. The van der Waals surface area contributed by atoms with Gasteiger partial charge in [-0.1, -0.05) is 12.1 Å². The first kappa shape index (κ1) is 21.7. The van der Waals surface area contributed by atoms with Crippen LogP contribution in [0.15, 0.2) is 53.9 Å². The number of methoxy groups -OCH3 is 1. The molecule has 0 radical (unpaired) electrons. The van der Waals surface area contributed by atoms with E-state index in [9.17, 15) is 13.2 Å².